The van der Waals surface area contributed by atoms with E-state index < -0.39 is 34.6 Å². The van der Waals surface area contributed by atoms with E-state index in [1.165, 1.54) is 6.20 Å². The van der Waals surface area contributed by atoms with Gasteiger partial charge in [-0.1, -0.05) is 6.07 Å². The largest absolute Gasteiger partial charge is 0.506 e. The third-order valence-electron chi connectivity index (χ3n) is 3.29. The van der Waals surface area contributed by atoms with Crippen LogP contribution in [0.25, 0.3) is 0 Å². The van der Waals surface area contributed by atoms with E-state index in [1.54, 1.807) is 12.1 Å². The van der Waals surface area contributed by atoms with Gasteiger partial charge in [0.25, 0.3) is 0 Å². The summed E-state index contributed by atoms with van der Waals surface area (Å²) in [6.07, 6.45) is -3.42. The van der Waals surface area contributed by atoms with Crippen molar-refractivity contribution in [1.82, 2.24) is 4.98 Å². The molecular weight excluding hydrogens is 325 g/mol. The first kappa shape index (κ1) is 17.7. The van der Waals surface area contributed by atoms with Crippen LogP contribution < -0.4 is 10.5 Å². The molecule has 1 heterocycles. The number of alkyl halides is 3. The van der Waals surface area contributed by atoms with Crippen LogP contribution in [0.15, 0.2) is 30.5 Å². The number of benzene rings is 1. The summed E-state index contributed by atoms with van der Waals surface area (Å²) in [5.41, 5.74) is 4.80. The average Bonchev–Trinajstić information content (AvgIpc) is 2.51. The molecule has 0 unspecified atom stereocenters. The number of aromatic hydroxyl groups is 1. The van der Waals surface area contributed by atoms with Gasteiger partial charge in [0, 0.05) is 18.3 Å². The summed E-state index contributed by atoms with van der Waals surface area (Å²) in [5, 5.41) is 9.79. The fourth-order valence-electron chi connectivity index (χ4n) is 2.07. The van der Waals surface area contributed by atoms with E-state index in [-0.39, 0.29) is 13.2 Å². The number of carbonyl (C=O) groups is 1. The first-order valence-electron chi connectivity index (χ1n) is 6.94. The number of hydrogen-bond acceptors (Lipinski definition) is 5. The van der Waals surface area contributed by atoms with E-state index in [9.17, 15) is 23.1 Å². The Morgan fingerprint density at radius 2 is 2.00 bits per heavy atom. The van der Waals surface area contributed by atoms with E-state index in [0.717, 1.165) is 19.1 Å². The normalized spacial score (nSPS) is 11.4. The third kappa shape index (κ3) is 3.83. The summed E-state index contributed by atoms with van der Waals surface area (Å²) in [5.74, 6) is -2.37. The lowest BCUT2D eigenvalue weighted by Gasteiger charge is -2.17. The molecule has 0 atom stereocenters. The van der Waals surface area contributed by atoms with Gasteiger partial charge in [-0.15, -0.1) is 0 Å². The zero-order chi connectivity index (χ0) is 17.9. The van der Waals surface area contributed by atoms with Gasteiger partial charge < -0.3 is 15.6 Å². The molecule has 0 aliphatic rings. The molecular formula is C16H15F3N2O3. The molecule has 2 rings (SSSR count). The van der Waals surface area contributed by atoms with Crippen molar-refractivity contribution in [2.75, 3.05) is 0 Å². The van der Waals surface area contributed by atoms with Crippen LogP contribution in [0.5, 0.6) is 11.5 Å². The van der Waals surface area contributed by atoms with Crippen LogP contribution in [0.3, 0.4) is 0 Å². The van der Waals surface area contributed by atoms with Crippen LogP contribution in [0.2, 0.25) is 0 Å². The number of carbonyl (C=O) groups excluding carboxylic acids is 1. The molecule has 1 aromatic carbocycles. The maximum absolute atomic E-state index is 13.2. The van der Waals surface area contributed by atoms with Gasteiger partial charge in [0.15, 0.2) is 5.78 Å². The molecule has 0 saturated carbocycles. The van der Waals surface area contributed by atoms with Crippen molar-refractivity contribution in [2.45, 2.75) is 26.3 Å². The van der Waals surface area contributed by atoms with Crippen LogP contribution >= 0.6 is 0 Å². The van der Waals surface area contributed by atoms with E-state index in [1.807, 2.05) is 0 Å². The molecule has 0 aliphatic carbocycles. The Hall–Kier alpha value is -2.61. The molecule has 8 heteroatoms. The second-order valence-corrected chi connectivity index (χ2v) is 5.04. The molecule has 0 radical (unpaired) electrons. The molecule has 0 spiro atoms. The van der Waals surface area contributed by atoms with Crippen LogP contribution in [-0.2, 0) is 19.3 Å². The quantitative estimate of drug-likeness (QED) is 0.817. The molecule has 3 N–H and O–H groups in total. The van der Waals surface area contributed by atoms with Crippen molar-refractivity contribution in [1.29, 1.82) is 0 Å². The van der Waals surface area contributed by atoms with E-state index in [2.05, 4.69) is 4.98 Å². The summed E-state index contributed by atoms with van der Waals surface area (Å²) in [6, 6.07) is 5.38. The molecule has 24 heavy (non-hydrogen) atoms. The Morgan fingerprint density at radius 3 is 2.50 bits per heavy atom. The molecule has 128 valence electrons. The maximum atomic E-state index is 13.2. The van der Waals surface area contributed by atoms with Gasteiger partial charge in [0.1, 0.15) is 23.7 Å². The number of rotatable bonds is 5. The Kier molecular flexibility index (Phi) is 5.08. The summed E-state index contributed by atoms with van der Waals surface area (Å²) in [6.45, 7) is 1.14. The van der Waals surface area contributed by atoms with Crippen molar-refractivity contribution in [2.24, 2.45) is 5.73 Å². The van der Waals surface area contributed by atoms with Crippen LogP contribution in [0.1, 0.15) is 34.1 Å². The highest BCUT2D eigenvalue weighted by molar-refractivity contribution is 5.97. The predicted molar refractivity (Wildman–Crippen MR) is 79.6 cm³/mol. The van der Waals surface area contributed by atoms with Crippen LogP contribution in [0.4, 0.5) is 13.2 Å². The summed E-state index contributed by atoms with van der Waals surface area (Å²) in [7, 11) is 0. The number of Topliss-reactive ketones (excluding diaryl/α,β-unsaturated/α-hetero) is 1. The number of pyridine rings is 1. The number of phenolic OH excluding ortho intramolecular Hbond substituents is 1. The minimum absolute atomic E-state index is 0.181. The molecule has 0 aliphatic heterocycles. The Labute approximate surface area is 135 Å². The number of ketones is 1. The molecule has 0 saturated heterocycles. The van der Waals surface area contributed by atoms with Crippen LogP contribution in [-0.4, -0.2) is 15.9 Å². The highest BCUT2D eigenvalue weighted by Gasteiger charge is 2.39. The van der Waals surface area contributed by atoms with Gasteiger partial charge >= 0.3 is 6.18 Å². The molecule has 2 aromatic rings. The summed E-state index contributed by atoms with van der Waals surface area (Å²) < 4.78 is 44.8. The predicted octanol–water partition coefficient (Wildman–Crippen LogP) is 3.05. The number of nitrogens with zero attached hydrogens (tertiary/aromatic N) is 1. The van der Waals surface area contributed by atoms with Crippen molar-refractivity contribution in [3.63, 3.8) is 0 Å². The molecule has 5 nitrogen and oxygen atoms in total. The van der Waals surface area contributed by atoms with E-state index in [0.29, 0.717) is 11.3 Å². The number of nitrogens with two attached hydrogens (primary N) is 1. The van der Waals surface area contributed by atoms with E-state index >= 15 is 0 Å². The lowest BCUT2D eigenvalue weighted by Crippen LogP contribution is -2.11. The van der Waals surface area contributed by atoms with Gasteiger partial charge in [0.2, 0.25) is 0 Å². The number of aromatic nitrogens is 1. The number of halogens is 3. The second kappa shape index (κ2) is 6.88. The Balaban J connectivity index is 2.32. The summed E-state index contributed by atoms with van der Waals surface area (Å²) in [4.78, 5) is 15.3. The zero-order valence-electron chi connectivity index (χ0n) is 12.7. The average molecular weight is 340 g/mol. The van der Waals surface area contributed by atoms with Gasteiger partial charge in [-0.05, 0) is 25.1 Å². The fraction of sp³-hybridized carbons (Fsp3) is 0.250. The minimum atomic E-state index is -4.87. The standard InChI is InChI=1S/C16H15F3N2O3/c1-9(22)12-4-5-13(14(15(12)23)16(17,18)19)24-8-10-2-3-11(6-20)21-7-10/h2-5,7,23H,6,8,20H2,1H3. The van der Waals surface area contributed by atoms with Crippen molar-refractivity contribution in [3.05, 3.63) is 52.8 Å². The van der Waals surface area contributed by atoms with Crippen molar-refractivity contribution >= 4 is 5.78 Å². The Morgan fingerprint density at radius 1 is 1.29 bits per heavy atom. The second-order valence-electron chi connectivity index (χ2n) is 5.04. The monoisotopic (exact) mass is 340 g/mol. The summed E-state index contributed by atoms with van der Waals surface area (Å²) >= 11 is 0. The number of phenols is 1. The molecule has 0 bridgehead atoms. The third-order valence-corrected chi connectivity index (χ3v) is 3.29. The lowest BCUT2D eigenvalue weighted by atomic mass is 10.0. The highest BCUT2D eigenvalue weighted by atomic mass is 19.4. The SMILES string of the molecule is CC(=O)c1ccc(OCc2ccc(CN)nc2)c(C(F)(F)F)c1O. The van der Waals surface area contributed by atoms with Crippen LogP contribution in [0, 0.1) is 0 Å². The minimum Gasteiger partial charge on any atom is -0.506 e. The van der Waals surface area contributed by atoms with Gasteiger partial charge in [-0.3, -0.25) is 9.78 Å². The molecule has 1 aromatic heterocycles. The molecule has 0 amide bonds. The maximum Gasteiger partial charge on any atom is 0.423 e. The molecule has 0 fully saturated rings. The van der Waals surface area contributed by atoms with Gasteiger partial charge in [-0.2, -0.15) is 13.2 Å². The van der Waals surface area contributed by atoms with Gasteiger partial charge in [0.05, 0.1) is 11.3 Å². The topological polar surface area (TPSA) is 85.4 Å². The van der Waals surface area contributed by atoms with Gasteiger partial charge in [-0.25, -0.2) is 0 Å². The Bertz CT molecular complexity index is 743. The first-order chi connectivity index (χ1) is 11.2. The van der Waals surface area contributed by atoms with Crippen molar-refractivity contribution in [3.8, 4) is 11.5 Å². The number of hydrogen-bond donors (Lipinski definition) is 2. The highest BCUT2D eigenvalue weighted by Crippen LogP contribution is 2.44. The number of ether oxygens (including phenoxy) is 1. The first-order valence-corrected chi connectivity index (χ1v) is 6.94. The van der Waals surface area contributed by atoms with Crippen molar-refractivity contribution < 1.29 is 27.8 Å². The fourth-order valence-corrected chi connectivity index (χ4v) is 2.07. The zero-order valence-corrected chi connectivity index (χ0v) is 12.7. The van der Waals surface area contributed by atoms with E-state index in [4.69, 9.17) is 10.5 Å². The lowest BCUT2D eigenvalue weighted by molar-refractivity contribution is -0.140. The smallest absolute Gasteiger partial charge is 0.423 e.